The Bertz CT molecular complexity index is 758. The fourth-order valence-corrected chi connectivity index (χ4v) is 5.70. The smallest absolute Gasteiger partial charge is 0.286 e. The summed E-state index contributed by atoms with van der Waals surface area (Å²) >= 11 is 0. The normalized spacial score (nSPS) is 38.4. The summed E-state index contributed by atoms with van der Waals surface area (Å²) in [4.78, 5) is 2.70. The summed E-state index contributed by atoms with van der Waals surface area (Å²) < 4.78 is 28.5. The van der Waals surface area contributed by atoms with Crippen molar-refractivity contribution >= 4 is 21.5 Å². The van der Waals surface area contributed by atoms with Crippen molar-refractivity contribution in [3.8, 4) is 0 Å². The lowest BCUT2D eigenvalue weighted by atomic mass is 10.1. The number of likely N-dealkylation sites (tertiary alicyclic amines) is 1. The fourth-order valence-electron chi connectivity index (χ4n) is 4.56. The molecule has 4 aliphatic rings. The Labute approximate surface area is 124 Å². The second-order valence-electron chi connectivity index (χ2n) is 6.69. The maximum atomic E-state index is 12.2. The Morgan fingerprint density at radius 2 is 2.10 bits per heavy atom. The van der Waals surface area contributed by atoms with E-state index in [1.165, 1.54) is 12.8 Å². The van der Waals surface area contributed by atoms with Crippen molar-refractivity contribution in [1.29, 1.82) is 0 Å². The zero-order chi connectivity index (χ0) is 14.2. The first kappa shape index (κ1) is 12.2. The van der Waals surface area contributed by atoms with Crippen LogP contribution in [0.2, 0.25) is 0 Å². The second-order valence-corrected chi connectivity index (χ2v) is 8.26. The highest BCUT2D eigenvalue weighted by Gasteiger charge is 2.60. The van der Waals surface area contributed by atoms with Crippen LogP contribution in [0.15, 0.2) is 33.6 Å². The summed E-state index contributed by atoms with van der Waals surface area (Å²) in [5.74, 6) is 3.25. The highest BCUT2D eigenvalue weighted by Crippen LogP contribution is 2.60. The van der Waals surface area contributed by atoms with Crippen molar-refractivity contribution in [3.05, 3.63) is 24.3 Å². The number of sulfonamides is 1. The molecule has 1 aromatic rings. The van der Waals surface area contributed by atoms with Crippen LogP contribution >= 0.6 is 0 Å². The van der Waals surface area contributed by atoms with Crippen molar-refractivity contribution in [2.75, 3.05) is 18.4 Å². The van der Waals surface area contributed by atoms with E-state index in [9.17, 15) is 8.42 Å². The summed E-state index contributed by atoms with van der Waals surface area (Å²) in [7, 11) is -3.55. The number of fused-ring (bicyclic) bond motifs is 6. The number of nitrogens with one attached hydrogen (secondary N) is 1. The minimum absolute atomic E-state index is 0.277. The summed E-state index contributed by atoms with van der Waals surface area (Å²) in [6.45, 7) is 1.73. The van der Waals surface area contributed by atoms with Gasteiger partial charge in [0.25, 0.3) is 10.0 Å². The van der Waals surface area contributed by atoms with Gasteiger partial charge in [0.2, 0.25) is 0 Å². The van der Waals surface area contributed by atoms with Gasteiger partial charge in [-0.1, -0.05) is 12.1 Å². The van der Waals surface area contributed by atoms with Gasteiger partial charge in [0.05, 0.1) is 12.2 Å². The van der Waals surface area contributed by atoms with Crippen molar-refractivity contribution in [2.24, 2.45) is 22.2 Å². The number of nitrogens with zero attached hydrogens (tertiary/aromatic N) is 2. The molecule has 1 saturated heterocycles. The lowest BCUT2D eigenvalue weighted by molar-refractivity contribution is 0.231. The van der Waals surface area contributed by atoms with E-state index in [-0.39, 0.29) is 4.90 Å². The molecule has 0 amide bonds. The Morgan fingerprint density at radius 1 is 1.24 bits per heavy atom. The zero-order valence-corrected chi connectivity index (χ0v) is 12.4. The lowest BCUT2D eigenvalue weighted by Crippen LogP contribution is -2.41. The van der Waals surface area contributed by atoms with Crippen LogP contribution in [0.4, 0.5) is 5.69 Å². The predicted octanol–water partition coefficient (Wildman–Crippen LogP) is 1.54. The van der Waals surface area contributed by atoms with Gasteiger partial charge in [0.15, 0.2) is 0 Å². The van der Waals surface area contributed by atoms with Gasteiger partial charge >= 0.3 is 0 Å². The molecule has 4 atom stereocenters. The molecule has 5 rings (SSSR count). The number of rotatable bonds is 2. The molecular formula is C15H17N3O2S. The Kier molecular flexibility index (Phi) is 2.24. The van der Waals surface area contributed by atoms with Crippen LogP contribution in [0.3, 0.4) is 0 Å². The van der Waals surface area contributed by atoms with Crippen molar-refractivity contribution in [3.63, 3.8) is 0 Å². The molecule has 2 bridgehead atoms. The molecule has 2 heterocycles. The number of anilines is 1. The second kappa shape index (κ2) is 3.87. The van der Waals surface area contributed by atoms with Crippen molar-refractivity contribution in [2.45, 2.75) is 23.8 Å². The minimum atomic E-state index is -3.55. The average Bonchev–Trinajstić information content (AvgIpc) is 3.06. The third kappa shape index (κ3) is 1.72. The molecule has 0 radical (unpaired) electrons. The van der Waals surface area contributed by atoms with E-state index in [1.54, 1.807) is 18.2 Å². The highest BCUT2D eigenvalue weighted by molar-refractivity contribution is 7.90. The SMILES string of the molecule is O=S1(=O)N=C(CN2C[C@@H]3C[C@H]2[C@H]2C[C@@H]32)Nc2ccccc21. The summed E-state index contributed by atoms with van der Waals surface area (Å²) in [6, 6.07) is 7.63. The predicted molar refractivity (Wildman–Crippen MR) is 79.8 cm³/mol. The number of para-hydroxylation sites is 1. The van der Waals surface area contributed by atoms with Crippen LogP contribution in [-0.4, -0.2) is 38.3 Å². The monoisotopic (exact) mass is 303 g/mol. The maximum Gasteiger partial charge on any atom is 0.286 e. The van der Waals surface area contributed by atoms with E-state index in [0.717, 1.165) is 24.3 Å². The van der Waals surface area contributed by atoms with Crippen LogP contribution in [0.25, 0.3) is 0 Å². The molecule has 3 fully saturated rings. The van der Waals surface area contributed by atoms with Gasteiger partial charge < -0.3 is 5.32 Å². The van der Waals surface area contributed by atoms with E-state index >= 15 is 0 Å². The molecule has 5 nitrogen and oxygen atoms in total. The molecular weight excluding hydrogens is 286 g/mol. The standard InChI is InChI=1S/C15H17N3O2S/c19-21(20)14-4-2-1-3-12(14)16-15(17-21)8-18-7-9-5-13(18)11-6-10(9)11/h1-4,9-11,13H,5-8H2,(H,16,17)/t9-,10-,11-,13-/m0/s1. The van der Waals surface area contributed by atoms with Gasteiger partial charge in [-0.05, 0) is 42.7 Å². The molecule has 0 aromatic heterocycles. The average molecular weight is 303 g/mol. The molecule has 1 N–H and O–H groups in total. The highest BCUT2D eigenvalue weighted by atomic mass is 32.2. The first-order valence-corrected chi connectivity index (χ1v) is 9.00. The van der Waals surface area contributed by atoms with Crippen LogP contribution in [0, 0.1) is 17.8 Å². The van der Waals surface area contributed by atoms with Crippen LogP contribution in [0.5, 0.6) is 0 Å². The number of hydrogen-bond donors (Lipinski definition) is 1. The molecule has 110 valence electrons. The van der Waals surface area contributed by atoms with Crippen molar-refractivity contribution < 1.29 is 8.42 Å². The van der Waals surface area contributed by atoms with Gasteiger partial charge in [0, 0.05) is 12.6 Å². The third-order valence-corrected chi connectivity index (χ3v) is 6.87. The van der Waals surface area contributed by atoms with Crippen LogP contribution in [0.1, 0.15) is 12.8 Å². The van der Waals surface area contributed by atoms with E-state index < -0.39 is 10.0 Å². The van der Waals surface area contributed by atoms with Gasteiger partial charge in [-0.15, -0.1) is 4.40 Å². The molecule has 0 unspecified atom stereocenters. The summed E-state index contributed by atoms with van der Waals surface area (Å²) in [6.07, 6.45) is 2.68. The number of piperidine rings is 1. The molecule has 6 heteroatoms. The van der Waals surface area contributed by atoms with Gasteiger partial charge in [-0.2, -0.15) is 8.42 Å². The van der Waals surface area contributed by atoms with Gasteiger partial charge in [-0.25, -0.2) is 0 Å². The van der Waals surface area contributed by atoms with E-state index in [2.05, 4.69) is 14.6 Å². The fraction of sp³-hybridized carbons (Fsp3) is 0.533. The van der Waals surface area contributed by atoms with E-state index in [0.29, 0.717) is 24.1 Å². The molecule has 21 heavy (non-hydrogen) atoms. The summed E-state index contributed by atoms with van der Waals surface area (Å²) in [5.41, 5.74) is 0.649. The molecule has 2 aliphatic heterocycles. The first-order chi connectivity index (χ1) is 10.1. The Hall–Kier alpha value is -1.40. The molecule has 0 spiro atoms. The topological polar surface area (TPSA) is 61.8 Å². The number of benzene rings is 1. The Morgan fingerprint density at radius 3 is 2.90 bits per heavy atom. The van der Waals surface area contributed by atoms with Crippen molar-refractivity contribution in [1.82, 2.24) is 4.90 Å². The van der Waals surface area contributed by atoms with Crippen LogP contribution < -0.4 is 5.32 Å². The number of hydrogen-bond acceptors (Lipinski definition) is 4. The zero-order valence-electron chi connectivity index (χ0n) is 11.6. The maximum absolute atomic E-state index is 12.2. The van der Waals surface area contributed by atoms with Gasteiger partial charge in [-0.3, -0.25) is 4.90 Å². The largest absolute Gasteiger partial charge is 0.341 e. The summed E-state index contributed by atoms with van der Waals surface area (Å²) in [5, 5.41) is 3.20. The lowest BCUT2D eigenvalue weighted by Gasteiger charge is -2.28. The minimum Gasteiger partial charge on any atom is -0.341 e. The molecule has 1 aromatic carbocycles. The Balaban J connectivity index is 1.43. The van der Waals surface area contributed by atoms with Gasteiger partial charge in [0.1, 0.15) is 10.7 Å². The number of amidine groups is 1. The first-order valence-electron chi connectivity index (χ1n) is 7.56. The van der Waals surface area contributed by atoms with E-state index in [1.807, 2.05) is 6.07 Å². The molecule has 2 saturated carbocycles. The quantitative estimate of drug-likeness (QED) is 0.900. The molecule has 2 aliphatic carbocycles. The van der Waals surface area contributed by atoms with E-state index in [4.69, 9.17) is 0 Å². The third-order valence-electron chi connectivity index (χ3n) is 5.50. The van der Waals surface area contributed by atoms with Crippen LogP contribution in [-0.2, 0) is 10.0 Å².